The van der Waals surface area contributed by atoms with Gasteiger partial charge in [0.15, 0.2) is 0 Å². The van der Waals surface area contributed by atoms with Gasteiger partial charge in [-0.1, -0.05) is 6.08 Å². The second kappa shape index (κ2) is 4.36. The molecule has 0 aliphatic carbocycles. The van der Waals surface area contributed by atoms with Crippen molar-refractivity contribution < 1.29 is 9.47 Å². The molecule has 2 rings (SSSR count). The van der Waals surface area contributed by atoms with Crippen LogP contribution >= 0.6 is 0 Å². The third-order valence-electron chi connectivity index (χ3n) is 2.53. The van der Waals surface area contributed by atoms with Gasteiger partial charge in [0.05, 0.1) is 14.2 Å². The third-order valence-corrected chi connectivity index (χ3v) is 2.53. The summed E-state index contributed by atoms with van der Waals surface area (Å²) in [6, 6.07) is 5.94. The number of benzene rings is 1. The molecular formula is C12H15NO2. The van der Waals surface area contributed by atoms with E-state index in [9.17, 15) is 0 Å². The van der Waals surface area contributed by atoms with Crippen LogP contribution in [0.25, 0.3) is 5.57 Å². The van der Waals surface area contributed by atoms with Crippen molar-refractivity contribution in [1.29, 1.82) is 0 Å². The summed E-state index contributed by atoms with van der Waals surface area (Å²) in [5.41, 5.74) is 2.46. The molecule has 1 aromatic rings. The van der Waals surface area contributed by atoms with Gasteiger partial charge in [0.2, 0.25) is 0 Å². The average Bonchev–Trinajstić information content (AvgIpc) is 2.81. The number of nitrogens with one attached hydrogen (secondary N) is 1. The fraction of sp³-hybridized carbons (Fsp3) is 0.333. The van der Waals surface area contributed by atoms with Crippen LogP contribution in [-0.4, -0.2) is 27.3 Å². The largest absolute Gasteiger partial charge is 0.497 e. The van der Waals surface area contributed by atoms with Crippen LogP contribution in [0.1, 0.15) is 5.56 Å². The van der Waals surface area contributed by atoms with Crippen LogP contribution in [0.4, 0.5) is 0 Å². The molecule has 0 saturated heterocycles. The van der Waals surface area contributed by atoms with Crippen LogP contribution in [0.5, 0.6) is 11.5 Å². The van der Waals surface area contributed by atoms with Crippen LogP contribution in [0.3, 0.4) is 0 Å². The molecule has 0 bridgehead atoms. The fourth-order valence-electron chi connectivity index (χ4n) is 1.69. The molecule has 1 aromatic carbocycles. The van der Waals surface area contributed by atoms with E-state index in [0.717, 1.165) is 30.2 Å². The van der Waals surface area contributed by atoms with Gasteiger partial charge in [0.25, 0.3) is 0 Å². The maximum Gasteiger partial charge on any atom is 0.123 e. The van der Waals surface area contributed by atoms with Crippen molar-refractivity contribution >= 4 is 5.57 Å². The summed E-state index contributed by atoms with van der Waals surface area (Å²) in [7, 11) is 3.33. The molecule has 15 heavy (non-hydrogen) atoms. The quantitative estimate of drug-likeness (QED) is 0.814. The first kappa shape index (κ1) is 10.1. The zero-order valence-corrected chi connectivity index (χ0v) is 9.04. The molecule has 0 spiro atoms. The summed E-state index contributed by atoms with van der Waals surface area (Å²) in [5.74, 6) is 1.66. The Kier molecular flexibility index (Phi) is 2.92. The molecule has 80 valence electrons. The Bertz CT molecular complexity index is 363. The Morgan fingerprint density at radius 2 is 1.73 bits per heavy atom. The highest BCUT2D eigenvalue weighted by molar-refractivity contribution is 5.71. The standard InChI is InChI=1S/C12H15NO2/c1-14-11-5-10(6-12(7-11)15-2)9-3-4-13-8-9/h3,5-7,13H,4,8H2,1-2H3. The summed E-state index contributed by atoms with van der Waals surface area (Å²) in [6.45, 7) is 1.85. The first-order valence-corrected chi connectivity index (χ1v) is 4.96. The lowest BCUT2D eigenvalue weighted by Gasteiger charge is -2.08. The molecule has 0 unspecified atom stereocenters. The zero-order valence-electron chi connectivity index (χ0n) is 9.04. The molecule has 1 N–H and O–H groups in total. The van der Waals surface area contributed by atoms with Crippen molar-refractivity contribution in [2.24, 2.45) is 0 Å². The predicted octanol–water partition coefficient (Wildman–Crippen LogP) is 1.69. The highest BCUT2D eigenvalue weighted by Crippen LogP contribution is 2.27. The van der Waals surface area contributed by atoms with E-state index < -0.39 is 0 Å². The number of methoxy groups -OCH3 is 2. The molecule has 0 atom stereocenters. The van der Waals surface area contributed by atoms with Crippen molar-refractivity contribution in [3.05, 3.63) is 29.8 Å². The van der Waals surface area contributed by atoms with Gasteiger partial charge in [-0.3, -0.25) is 0 Å². The summed E-state index contributed by atoms with van der Waals surface area (Å²) >= 11 is 0. The Balaban J connectivity index is 2.37. The predicted molar refractivity (Wildman–Crippen MR) is 60.4 cm³/mol. The van der Waals surface area contributed by atoms with Crippen LogP contribution in [-0.2, 0) is 0 Å². The average molecular weight is 205 g/mol. The molecule has 0 amide bonds. The van der Waals surface area contributed by atoms with Gasteiger partial charge in [-0.2, -0.15) is 0 Å². The van der Waals surface area contributed by atoms with Crippen molar-refractivity contribution in [2.75, 3.05) is 27.3 Å². The Morgan fingerprint density at radius 1 is 1.07 bits per heavy atom. The van der Waals surface area contributed by atoms with Gasteiger partial charge >= 0.3 is 0 Å². The van der Waals surface area contributed by atoms with Crippen LogP contribution in [0, 0.1) is 0 Å². The van der Waals surface area contributed by atoms with Gasteiger partial charge < -0.3 is 14.8 Å². The van der Waals surface area contributed by atoms with Crippen LogP contribution < -0.4 is 14.8 Å². The van der Waals surface area contributed by atoms with Crippen LogP contribution in [0.15, 0.2) is 24.3 Å². The van der Waals surface area contributed by atoms with E-state index in [-0.39, 0.29) is 0 Å². The molecule has 1 heterocycles. The topological polar surface area (TPSA) is 30.5 Å². The molecule has 0 fully saturated rings. The summed E-state index contributed by atoms with van der Waals surface area (Å²) in [6.07, 6.45) is 2.19. The molecule has 1 aliphatic heterocycles. The van der Waals surface area contributed by atoms with E-state index in [1.54, 1.807) is 14.2 Å². The Morgan fingerprint density at radius 3 is 2.20 bits per heavy atom. The maximum absolute atomic E-state index is 5.23. The number of ether oxygens (including phenoxy) is 2. The van der Waals surface area contributed by atoms with Crippen molar-refractivity contribution in [3.8, 4) is 11.5 Å². The molecule has 1 aliphatic rings. The van der Waals surface area contributed by atoms with Gasteiger partial charge in [-0.25, -0.2) is 0 Å². The minimum atomic E-state index is 0.831. The summed E-state index contributed by atoms with van der Waals surface area (Å²) in [4.78, 5) is 0. The zero-order chi connectivity index (χ0) is 10.7. The monoisotopic (exact) mass is 205 g/mol. The highest BCUT2D eigenvalue weighted by atomic mass is 16.5. The van der Waals surface area contributed by atoms with Gasteiger partial charge in [-0.05, 0) is 23.3 Å². The molecule has 0 saturated carbocycles. The molecule has 3 heteroatoms. The smallest absolute Gasteiger partial charge is 0.123 e. The van der Waals surface area contributed by atoms with E-state index in [0.29, 0.717) is 0 Å². The molecular weight excluding hydrogens is 190 g/mol. The minimum absolute atomic E-state index is 0.831. The second-order valence-electron chi connectivity index (χ2n) is 3.46. The van der Waals surface area contributed by atoms with E-state index in [2.05, 4.69) is 11.4 Å². The maximum atomic E-state index is 5.23. The fourth-order valence-corrected chi connectivity index (χ4v) is 1.69. The van der Waals surface area contributed by atoms with E-state index >= 15 is 0 Å². The lowest BCUT2D eigenvalue weighted by Crippen LogP contribution is -2.07. The first-order valence-electron chi connectivity index (χ1n) is 4.96. The number of rotatable bonds is 3. The lowest BCUT2D eigenvalue weighted by atomic mass is 10.1. The van der Waals surface area contributed by atoms with Crippen molar-refractivity contribution in [3.63, 3.8) is 0 Å². The Hall–Kier alpha value is -1.48. The van der Waals surface area contributed by atoms with E-state index in [1.165, 1.54) is 5.57 Å². The highest BCUT2D eigenvalue weighted by Gasteiger charge is 2.09. The minimum Gasteiger partial charge on any atom is -0.497 e. The van der Waals surface area contributed by atoms with Gasteiger partial charge in [0.1, 0.15) is 11.5 Å². The van der Waals surface area contributed by atoms with Crippen molar-refractivity contribution in [1.82, 2.24) is 5.32 Å². The number of hydrogen-bond donors (Lipinski definition) is 1. The van der Waals surface area contributed by atoms with E-state index in [4.69, 9.17) is 9.47 Å². The first-order chi connectivity index (χ1) is 7.33. The Labute approximate surface area is 89.7 Å². The summed E-state index contributed by atoms with van der Waals surface area (Å²) in [5, 5.41) is 3.27. The molecule has 0 radical (unpaired) electrons. The second-order valence-corrected chi connectivity index (χ2v) is 3.46. The number of hydrogen-bond acceptors (Lipinski definition) is 3. The van der Waals surface area contributed by atoms with Gasteiger partial charge in [-0.15, -0.1) is 0 Å². The summed E-state index contributed by atoms with van der Waals surface area (Å²) < 4.78 is 10.5. The van der Waals surface area contributed by atoms with Crippen LogP contribution in [0.2, 0.25) is 0 Å². The SMILES string of the molecule is COc1cc(OC)cc(C2=CCNC2)c1. The van der Waals surface area contributed by atoms with Crippen molar-refractivity contribution in [2.45, 2.75) is 0 Å². The lowest BCUT2D eigenvalue weighted by molar-refractivity contribution is 0.394. The normalized spacial score (nSPS) is 14.9. The molecule has 0 aromatic heterocycles. The third kappa shape index (κ3) is 2.13. The van der Waals surface area contributed by atoms with E-state index in [1.807, 2.05) is 18.2 Å². The van der Waals surface area contributed by atoms with Gasteiger partial charge in [0, 0.05) is 19.2 Å². The molecule has 3 nitrogen and oxygen atoms in total.